The maximum absolute atomic E-state index is 11.6. The average Bonchev–Trinajstić information content (AvgIpc) is 2.81. The maximum atomic E-state index is 11.6. The molecule has 1 unspecified atom stereocenters. The molecule has 1 aromatic rings. The van der Waals surface area contributed by atoms with Crippen LogP contribution in [-0.4, -0.2) is 25.3 Å². The molecule has 0 bridgehead atoms. The standard InChI is InChI=1S/C12H15BrN2O2/c13-11-4-2-1-3-9(11)7-14-12(16)15-10-5-6-17-8-10/h1-4,10H,5-8H2,(H2,14,15,16). The lowest BCUT2D eigenvalue weighted by Crippen LogP contribution is -2.42. The molecule has 1 aliphatic heterocycles. The monoisotopic (exact) mass is 298 g/mol. The fourth-order valence-corrected chi connectivity index (χ4v) is 2.13. The summed E-state index contributed by atoms with van der Waals surface area (Å²) in [7, 11) is 0. The Bertz CT molecular complexity index is 392. The van der Waals surface area contributed by atoms with Gasteiger partial charge in [0.25, 0.3) is 0 Å². The first-order valence-electron chi connectivity index (χ1n) is 5.61. The van der Waals surface area contributed by atoms with Crippen molar-refractivity contribution < 1.29 is 9.53 Å². The van der Waals surface area contributed by atoms with Gasteiger partial charge in [-0.15, -0.1) is 0 Å². The molecule has 4 nitrogen and oxygen atoms in total. The molecule has 2 amide bonds. The summed E-state index contributed by atoms with van der Waals surface area (Å²) in [6.07, 6.45) is 0.891. The molecule has 92 valence electrons. The van der Waals surface area contributed by atoms with Crippen molar-refractivity contribution in [2.75, 3.05) is 13.2 Å². The molecule has 1 fully saturated rings. The Morgan fingerprint density at radius 3 is 3.00 bits per heavy atom. The zero-order valence-corrected chi connectivity index (χ0v) is 11.0. The first-order chi connectivity index (χ1) is 8.25. The Labute approximate surface area is 109 Å². The second-order valence-electron chi connectivity index (χ2n) is 3.98. The normalized spacial score (nSPS) is 19.0. The SMILES string of the molecule is O=C(NCc1ccccc1Br)NC1CCOC1. The lowest BCUT2D eigenvalue weighted by Gasteiger charge is -2.12. The molecule has 0 aliphatic carbocycles. The molecule has 1 heterocycles. The number of rotatable bonds is 3. The van der Waals surface area contributed by atoms with Crippen LogP contribution < -0.4 is 10.6 Å². The van der Waals surface area contributed by atoms with Gasteiger partial charge in [-0.25, -0.2) is 4.79 Å². The van der Waals surface area contributed by atoms with E-state index in [-0.39, 0.29) is 12.1 Å². The van der Waals surface area contributed by atoms with Gasteiger partial charge in [-0.3, -0.25) is 0 Å². The average molecular weight is 299 g/mol. The molecule has 2 rings (SSSR count). The van der Waals surface area contributed by atoms with Crippen LogP contribution in [0.2, 0.25) is 0 Å². The number of hydrogen-bond donors (Lipinski definition) is 2. The van der Waals surface area contributed by atoms with Crippen LogP contribution in [-0.2, 0) is 11.3 Å². The third-order valence-corrected chi connectivity index (χ3v) is 3.44. The first kappa shape index (κ1) is 12.4. The summed E-state index contributed by atoms with van der Waals surface area (Å²) in [4.78, 5) is 11.6. The van der Waals surface area contributed by atoms with Gasteiger partial charge >= 0.3 is 6.03 Å². The van der Waals surface area contributed by atoms with Gasteiger partial charge in [0.1, 0.15) is 0 Å². The van der Waals surface area contributed by atoms with Crippen LogP contribution in [0, 0.1) is 0 Å². The number of carbonyl (C=O) groups is 1. The van der Waals surface area contributed by atoms with Crippen LogP contribution in [0.5, 0.6) is 0 Å². The van der Waals surface area contributed by atoms with E-state index in [4.69, 9.17) is 4.74 Å². The predicted molar refractivity (Wildman–Crippen MR) is 68.7 cm³/mol. The third-order valence-electron chi connectivity index (χ3n) is 2.66. The number of urea groups is 1. The van der Waals surface area contributed by atoms with Crippen molar-refractivity contribution in [1.82, 2.24) is 10.6 Å². The number of benzene rings is 1. The van der Waals surface area contributed by atoms with E-state index < -0.39 is 0 Å². The fraction of sp³-hybridized carbons (Fsp3) is 0.417. The second kappa shape index (κ2) is 6.02. The van der Waals surface area contributed by atoms with Crippen LogP contribution in [0.15, 0.2) is 28.7 Å². The molecule has 0 radical (unpaired) electrons. The zero-order chi connectivity index (χ0) is 12.1. The van der Waals surface area contributed by atoms with E-state index >= 15 is 0 Å². The maximum Gasteiger partial charge on any atom is 0.315 e. The highest BCUT2D eigenvalue weighted by Gasteiger charge is 2.17. The molecule has 2 N–H and O–H groups in total. The minimum Gasteiger partial charge on any atom is -0.379 e. The van der Waals surface area contributed by atoms with Gasteiger partial charge in [-0.2, -0.15) is 0 Å². The molecule has 1 saturated heterocycles. The van der Waals surface area contributed by atoms with E-state index in [0.29, 0.717) is 13.2 Å². The van der Waals surface area contributed by atoms with Crippen molar-refractivity contribution in [3.05, 3.63) is 34.3 Å². The number of ether oxygens (including phenoxy) is 1. The van der Waals surface area contributed by atoms with E-state index in [0.717, 1.165) is 23.1 Å². The number of nitrogens with one attached hydrogen (secondary N) is 2. The summed E-state index contributed by atoms with van der Waals surface area (Å²) in [5, 5.41) is 5.71. The Morgan fingerprint density at radius 2 is 2.29 bits per heavy atom. The summed E-state index contributed by atoms with van der Waals surface area (Å²) >= 11 is 3.44. The van der Waals surface area contributed by atoms with Gasteiger partial charge in [0.15, 0.2) is 0 Å². The van der Waals surface area contributed by atoms with Crippen molar-refractivity contribution in [2.45, 2.75) is 19.0 Å². The minimum absolute atomic E-state index is 0.142. The van der Waals surface area contributed by atoms with Crippen molar-refractivity contribution in [3.63, 3.8) is 0 Å². The Balaban J connectivity index is 1.77. The van der Waals surface area contributed by atoms with Crippen LogP contribution >= 0.6 is 15.9 Å². The summed E-state index contributed by atoms with van der Waals surface area (Å²) in [6, 6.07) is 7.84. The van der Waals surface area contributed by atoms with Gasteiger partial charge in [0.2, 0.25) is 0 Å². The first-order valence-corrected chi connectivity index (χ1v) is 6.40. The van der Waals surface area contributed by atoms with E-state index in [1.165, 1.54) is 0 Å². The van der Waals surface area contributed by atoms with Gasteiger partial charge in [-0.05, 0) is 18.1 Å². The molecule has 0 aromatic heterocycles. The van der Waals surface area contributed by atoms with Gasteiger partial charge in [0, 0.05) is 17.6 Å². The highest BCUT2D eigenvalue weighted by atomic mass is 79.9. The van der Waals surface area contributed by atoms with Crippen LogP contribution in [0.1, 0.15) is 12.0 Å². The molecule has 5 heteroatoms. The number of hydrogen-bond acceptors (Lipinski definition) is 2. The van der Waals surface area contributed by atoms with Gasteiger partial charge in [0.05, 0.1) is 12.6 Å². The highest BCUT2D eigenvalue weighted by Crippen LogP contribution is 2.15. The highest BCUT2D eigenvalue weighted by molar-refractivity contribution is 9.10. The van der Waals surface area contributed by atoms with E-state index in [9.17, 15) is 4.79 Å². The zero-order valence-electron chi connectivity index (χ0n) is 9.41. The number of carbonyl (C=O) groups excluding carboxylic acids is 1. The Kier molecular flexibility index (Phi) is 4.39. The second-order valence-corrected chi connectivity index (χ2v) is 4.83. The van der Waals surface area contributed by atoms with Crippen LogP contribution in [0.4, 0.5) is 4.79 Å². The summed E-state index contributed by atoms with van der Waals surface area (Å²) in [6.45, 7) is 1.86. The van der Waals surface area contributed by atoms with Crippen molar-refractivity contribution in [1.29, 1.82) is 0 Å². The van der Waals surface area contributed by atoms with Crippen LogP contribution in [0.3, 0.4) is 0 Å². The van der Waals surface area contributed by atoms with E-state index in [1.807, 2.05) is 24.3 Å². The van der Waals surface area contributed by atoms with Gasteiger partial charge in [-0.1, -0.05) is 34.1 Å². The summed E-state index contributed by atoms with van der Waals surface area (Å²) in [5.41, 5.74) is 1.06. The molecular formula is C12H15BrN2O2. The lowest BCUT2D eigenvalue weighted by molar-refractivity contribution is 0.188. The quantitative estimate of drug-likeness (QED) is 0.897. The number of amides is 2. The number of halogens is 1. The Morgan fingerprint density at radius 1 is 1.47 bits per heavy atom. The predicted octanol–water partition coefficient (Wildman–Crippen LogP) is 2.04. The molecule has 1 atom stereocenters. The fourth-order valence-electron chi connectivity index (χ4n) is 1.70. The van der Waals surface area contributed by atoms with Crippen molar-refractivity contribution in [2.24, 2.45) is 0 Å². The molecular weight excluding hydrogens is 284 g/mol. The summed E-state index contributed by atoms with van der Waals surface area (Å²) < 4.78 is 6.19. The van der Waals surface area contributed by atoms with Crippen LogP contribution in [0.25, 0.3) is 0 Å². The smallest absolute Gasteiger partial charge is 0.315 e. The largest absolute Gasteiger partial charge is 0.379 e. The van der Waals surface area contributed by atoms with Crippen molar-refractivity contribution in [3.8, 4) is 0 Å². The van der Waals surface area contributed by atoms with Crippen molar-refractivity contribution >= 4 is 22.0 Å². The molecule has 0 spiro atoms. The molecule has 1 aliphatic rings. The topological polar surface area (TPSA) is 50.4 Å². The summed E-state index contributed by atoms with van der Waals surface area (Å²) in [5.74, 6) is 0. The van der Waals surface area contributed by atoms with E-state index in [2.05, 4.69) is 26.6 Å². The molecule has 17 heavy (non-hydrogen) atoms. The Hall–Kier alpha value is -1.07. The minimum atomic E-state index is -0.142. The molecule has 1 aromatic carbocycles. The van der Waals surface area contributed by atoms with E-state index in [1.54, 1.807) is 0 Å². The lowest BCUT2D eigenvalue weighted by atomic mass is 10.2. The third kappa shape index (κ3) is 3.71. The van der Waals surface area contributed by atoms with Gasteiger partial charge < -0.3 is 15.4 Å². The molecule has 0 saturated carbocycles.